The van der Waals surface area contributed by atoms with Gasteiger partial charge in [0.15, 0.2) is 5.78 Å². The van der Waals surface area contributed by atoms with Crippen molar-refractivity contribution in [3.63, 3.8) is 0 Å². The molecule has 0 unspecified atom stereocenters. The van der Waals surface area contributed by atoms with Crippen LogP contribution in [0, 0.1) is 17.0 Å². The van der Waals surface area contributed by atoms with E-state index in [1.54, 1.807) is 0 Å². The van der Waals surface area contributed by atoms with Gasteiger partial charge in [0.1, 0.15) is 17.9 Å². The normalized spacial score (nSPS) is 9.89. The summed E-state index contributed by atoms with van der Waals surface area (Å²) in [7, 11) is 0. The standard InChI is InChI=1S/C11H8F2N2O2.BrH/c12-7-1-2-8(9(13)5-7)10(16)6-15-3-4-17-11(15)14;/h1-5,14H,6H2;1H. The molecule has 0 radical (unpaired) electrons. The molecule has 1 aromatic heterocycles. The fourth-order valence-corrected chi connectivity index (χ4v) is 1.38. The van der Waals surface area contributed by atoms with Gasteiger partial charge in [0.25, 0.3) is 5.68 Å². The number of halogens is 3. The van der Waals surface area contributed by atoms with E-state index in [4.69, 9.17) is 5.41 Å². The molecular weight excluding hydrogens is 310 g/mol. The average molecular weight is 319 g/mol. The maximum Gasteiger partial charge on any atom is 0.294 e. The smallest absolute Gasteiger partial charge is 0.294 e. The first-order valence-corrected chi connectivity index (χ1v) is 4.74. The third-order valence-electron chi connectivity index (χ3n) is 2.23. The van der Waals surface area contributed by atoms with Gasteiger partial charge in [0.05, 0.1) is 12.1 Å². The summed E-state index contributed by atoms with van der Waals surface area (Å²) in [6.07, 6.45) is 2.64. The number of oxazole rings is 1. The highest BCUT2D eigenvalue weighted by Crippen LogP contribution is 2.10. The predicted molar refractivity (Wildman–Crippen MR) is 63.6 cm³/mol. The quantitative estimate of drug-likeness (QED) is 0.883. The first kappa shape index (κ1) is 14.3. The van der Waals surface area contributed by atoms with Gasteiger partial charge in [0.2, 0.25) is 0 Å². The van der Waals surface area contributed by atoms with Crippen molar-refractivity contribution in [1.29, 1.82) is 5.41 Å². The molecule has 0 bridgehead atoms. The summed E-state index contributed by atoms with van der Waals surface area (Å²) in [5, 5.41) is 7.28. The van der Waals surface area contributed by atoms with E-state index < -0.39 is 17.4 Å². The molecule has 0 aliphatic carbocycles. The number of hydrogen-bond acceptors (Lipinski definition) is 3. The molecule has 4 nitrogen and oxygen atoms in total. The first-order chi connectivity index (χ1) is 8.08. The van der Waals surface area contributed by atoms with E-state index in [9.17, 15) is 13.6 Å². The monoisotopic (exact) mass is 318 g/mol. The van der Waals surface area contributed by atoms with Gasteiger partial charge >= 0.3 is 0 Å². The fourth-order valence-electron chi connectivity index (χ4n) is 1.38. The molecule has 0 aliphatic heterocycles. The number of nitrogens with zero attached hydrogens (tertiary/aromatic N) is 1. The van der Waals surface area contributed by atoms with Crippen LogP contribution >= 0.6 is 17.0 Å². The number of carbonyl (C=O) groups is 1. The van der Waals surface area contributed by atoms with Crippen molar-refractivity contribution in [2.75, 3.05) is 0 Å². The van der Waals surface area contributed by atoms with Crippen LogP contribution in [0.15, 0.2) is 35.1 Å². The Bertz CT molecular complexity index is 622. The predicted octanol–water partition coefficient (Wildman–Crippen LogP) is 2.30. The molecule has 0 fully saturated rings. The van der Waals surface area contributed by atoms with Gasteiger partial charge in [-0.1, -0.05) is 0 Å². The summed E-state index contributed by atoms with van der Waals surface area (Å²) >= 11 is 0. The molecule has 0 saturated carbocycles. The molecule has 96 valence electrons. The van der Waals surface area contributed by atoms with Gasteiger partial charge in [-0.3, -0.25) is 14.8 Å². The molecule has 1 N–H and O–H groups in total. The lowest BCUT2D eigenvalue weighted by Crippen LogP contribution is -2.20. The van der Waals surface area contributed by atoms with Crippen LogP contribution in [0.5, 0.6) is 0 Å². The first-order valence-electron chi connectivity index (χ1n) is 4.74. The van der Waals surface area contributed by atoms with Crippen molar-refractivity contribution >= 4 is 22.8 Å². The Morgan fingerprint density at radius 3 is 2.67 bits per heavy atom. The summed E-state index contributed by atoms with van der Waals surface area (Å²) < 4.78 is 31.8. The summed E-state index contributed by atoms with van der Waals surface area (Å²) in [6.45, 7) is -0.224. The molecule has 0 amide bonds. The largest absolute Gasteiger partial charge is 0.432 e. The van der Waals surface area contributed by atoms with Crippen LogP contribution in [0.4, 0.5) is 8.78 Å². The minimum absolute atomic E-state index is 0. The molecule has 2 aromatic rings. The van der Waals surface area contributed by atoms with Crippen molar-refractivity contribution in [2.45, 2.75) is 6.54 Å². The molecule has 18 heavy (non-hydrogen) atoms. The maximum atomic E-state index is 13.3. The Morgan fingerprint density at radius 1 is 1.39 bits per heavy atom. The summed E-state index contributed by atoms with van der Waals surface area (Å²) in [5.74, 6) is -2.20. The van der Waals surface area contributed by atoms with Crippen molar-refractivity contribution in [3.05, 3.63) is 53.5 Å². The van der Waals surface area contributed by atoms with Crippen LogP contribution in [0.25, 0.3) is 0 Å². The number of carbonyl (C=O) groups excluding carboxylic acids is 1. The lowest BCUT2D eigenvalue weighted by molar-refractivity contribution is 0.0964. The molecule has 1 heterocycles. The van der Waals surface area contributed by atoms with Crippen molar-refractivity contribution in [2.24, 2.45) is 0 Å². The van der Waals surface area contributed by atoms with Crippen molar-refractivity contribution in [3.8, 4) is 0 Å². The van der Waals surface area contributed by atoms with Crippen LogP contribution < -0.4 is 5.68 Å². The van der Waals surface area contributed by atoms with Crippen LogP contribution in [-0.2, 0) is 6.54 Å². The minimum Gasteiger partial charge on any atom is -0.432 e. The van der Waals surface area contributed by atoms with Gasteiger partial charge in [-0.2, -0.15) is 0 Å². The third kappa shape index (κ3) is 2.92. The van der Waals surface area contributed by atoms with E-state index in [0.29, 0.717) is 6.07 Å². The van der Waals surface area contributed by atoms with E-state index in [0.717, 1.165) is 12.1 Å². The second-order valence-corrected chi connectivity index (χ2v) is 3.38. The molecule has 0 atom stereocenters. The molecule has 1 aromatic carbocycles. The molecule has 0 aliphatic rings. The second kappa shape index (κ2) is 5.72. The van der Waals surface area contributed by atoms with Gasteiger partial charge in [-0.15, -0.1) is 17.0 Å². The maximum absolute atomic E-state index is 13.3. The second-order valence-electron chi connectivity index (χ2n) is 3.38. The number of hydrogen-bond donors (Lipinski definition) is 1. The van der Waals surface area contributed by atoms with Gasteiger partial charge < -0.3 is 4.42 Å². The van der Waals surface area contributed by atoms with E-state index in [-0.39, 0.29) is 34.8 Å². The highest BCUT2D eigenvalue weighted by molar-refractivity contribution is 8.93. The zero-order chi connectivity index (χ0) is 12.4. The van der Waals surface area contributed by atoms with Crippen molar-refractivity contribution < 1.29 is 18.0 Å². The summed E-state index contributed by atoms with van der Waals surface area (Å²) in [6, 6.07) is 2.74. The number of ketones is 1. The number of Topliss-reactive ketones (excluding diaryl/α,β-unsaturated/α-hetero) is 1. The molecule has 7 heteroatoms. The van der Waals surface area contributed by atoms with Gasteiger partial charge in [-0.05, 0) is 12.1 Å². The average Bonchev–Trinajstić information content (AvgIpc) is 2.64. The van der Waals surface area contributed by atoms with Gasteiger partial charge in [-0.25, -0.2) is 8.78 Å². The highest BCUT2D eigenvalue weighted by atomic mass is 79.9. The van der Waals surface area contributed by atoms with E-state index in [1.165, 1.54) is 17.0 Å². The lowest BCUT2D eigenvalue weighted by Gasteiger charge is -2.02. The lowest BCUT2D eigenvalue weighted by atomic mass is 10.1. The Balaban J connectivity index is 0.00000162. The molecular formula is C11H9BrF2N2O2. The SMILES string of the molecule is Br.N=c1occn1CC(=O)c1ccc(F)cc1F. The number of benzene rings is 1. The summed E-state index contributed by atoms with van der Waals surface area (Å²) in [4.78, 5) is 11.7. The zero-order valence-electron chi connectivity index (χ0n) is 9.02. The molecule has 0 spiro atoms. The summed E-state index contributed by atoms with van der Waals surface area (Å²) in [5.41, 5.74) is -0.416. The van der Waals surface area contributed by atoms with Crippen LogP contribution in [0.3, 0.4) is 0 Å². The third-order valence-corrected chi connectivity index (χ3v) is 2.23. The molecule has 0 saturated heterocycles. The van der Waals surface area contributed by atoms with Crippen molar-refractivity contribution in [1.82, 2.24) is 4.57 Å². The van der Waals surface area contributed by atoms with Crippen LogP contribution in [-0.4, -0.2) is 10.4 Å². The number of nitrogens with one attached hydrogen (secondary N) is 1. The van der Waals surface area contributed by atoms with Crippen LogP contribution in [0.2, 0.25) is 0 Å². The number of aromatic nitrogens is 1. The Morgan fingerprint density at radius 2 is 2.11 bits per heavy atom. The van der Waals surface area contributed by atoms with E-state index in [2.05, 4.69) is 4.42 Å². The molecule has 2 rings (SSSR count). The highest BCUT2D eigenvalue weighted by Gasteiger charge is 2.13. The zero-order valence-corrected chi connectivity index (χ0v) is 10.7. The topological polar surface area (TPSA) is 59.0 Å². The Labute approximate surface area is 111 Å². The number of rotatable bonds is 3. The fraction of sp³-hybridized carbons (Fsp3) is 0.0909. The van der Waals surface area contributed by atoms with Gasteiger partial charge in [0, 0.05) is 12.3 Å². The Kier molecular flexibility index (Phi) is 4.55. The Hall–Kier alpha value is -1.76. The minimum atomic E-state index is -0.911. The van der Waals surface area contributed by atoms with E-state index in [1.807, 2.05) is 0 Å². The van der Waals surface area contributed by atoms with E-state index >= 15 is 0 Å². The van der Waals surface area contributed by atoms with Crippen LogP contribution in [0.1, 0.15) is 10.4 Å².